The van der Waals surface area contributed by atoms with E-state index in [4.69, 9.17) is 16.7 Å². The molecule has 1 unspecified atom stereocenters. The summed E-state index contributed by atoms with van der Waals surface area (Å²) in [7, 11) is 0. The summed E-state index contributed by atoms with van der Waals surface area (Å²) in [4.78, 5) is 11.2. The molecule has 13 heavy (non-hydrogen) atoms. The van der Waals surface area contributed by atoms with Crippen molar-refractivity contribution in [3.05, 3.63) is 29.6 Å². The first-order valence-corrected chi connectivity index (χ1v) is 4.12. The molecule has 0 heterocycles. The van der Waals surface area contributed by atoms with Crippen molar-refractivity contribution in [2.24, 2.45) is 0 Å². The van der Waals surface area contributed by atoms with Crippen molar-refractivity contribution >= 4 is 17.4 Å². The van der Waals surface area contributed by atoms with Crippen LogP contribution in [0.15, 0.2) is 18.2 Å². The number of halogens is 2. The topological polar surface area (TPSA) is 37.3 Å². The Morgan fingerprint density at radius 1 is 1.54 bits per heavy atom. The van der Waals surface area contributed by atoms with E-state index in [1.807, 2.05) is 0 Å². The quantitative estimate of drug-likeness (QED) is 0.591. The van der Waals surface area contributed by atoms with Gasteiger partial charge in [-0.25, -0.2) is 4.39 Å². The van der Waals surface area contributed by atoms with Gasteiger partial charge in [-0.3, -0.25) is 4.79 Å². The lowest BCUT2D eigenvalue weighted by Gasteiger charge is -2.02. The van der Waals surface area contributed by atoms with E-state index < -0.39 is 17.0 Å². The van der Waals surface area contributed by atoms with E-state index in [1.165, 1.54) is 13.0 Å². The Hall–Kier alpha value is -1.09. The van der Waals surface area contributed by atoms with E-state index in [9.17, 15) is 9.18 Å². The van der Waals surface area contributed by atoms with E-state index in [0.717, 1.165) is 12.1 Å². The second-order valence-corrected chi connectivity index (χ2v) is 3.33. The molecule has 0 bridgehead atoms. The maximum absolute atomic E-state index is 12.7. The fourth-order valence-electron chi connectivity index (χ4n) is 0.946. The molecule has 0 saturated heterocycles. The zero-order chi connectivity index (χ0) is 10.0. The summed E-state index contributed by atoms with van der Waals surface area (Å²) in [5.74, 6) is -1.34. The zero-order valence-corrected chi connectivity index (χ0v) is 7.68. The van der Waals surface area contributed by atoms with E-state index in [0.29, 0.717) is 0 Å². The Labute approximate surface area is 80.0 Å². The van der Waals surface area contributed by atoms with Gasteiger partial charge in [-0.15, -0.1) is 11.6 Å². The van der Waals surface area contributed by atoms with Gasteiger partial charge in [0, 0.05) is 11.6 Å². The number of phenolic OH excluding ortho intramolecular Hbond substituents is 1. The van der Waals surface area contributed by atoms with Gasteiger partial charge in [0.05, 0.1) is 5.38 Å². The predicted molar refractivity (Wildman–Crippen MR) is 47.7 cm³/mol. The van der Waals surface area contributed by atoms with Gasteiger partial charge in [0.2, 0.25) is 0 Å². The smallest absolute Gasteiger partial charge is 0.180 e. The van der Waals surface area contributed by atoms with Crippen LogP contribution in [-0.4, -0.2) is 16.3 Å². The number of aromatic hydroxyl groups is 1. The van der Waals surface area contributed by atoms with Crippen molar-refractivity contribution in [2.45, 2.75) is 12.3 Å². The summed E-state index contributed by atoms with van der Waals surface area (Å²) < 4.78 is 12.7. The minimum absolute atomic E-state index is 0.0833. The summed E-state index contributed by atoms with van der Waals surface area (Å²) in [5.41, 5.74) is 0.0833. The molecule has 0 aliphatic rings. The van der Waals surface area contributed by atoms with Crippen LogP contribution in [0.25, 0.3) is 0 Å². The molecule has 0 aliphatic heterocycles. The molecule has 0 aliphatic carbocycles. The van der Waals surface area contributed by atoms with Crippen molar-refractivity contribution in [1.29, 1.82) is 0 Å². The number of carbonyl (C=O) groups excluding carboxylic acids is 1. The molecule has 0 amide bonds. The normalized spacial score (nSPS) is 12.5. The number of phenols is 1. The molecule has 0 radical (unpaired) electrons. The third-order valence-corrected chi connectivity index (χ3v) is 1.73. The van der Waals surface area contributed by atoms with Crippen LogP contribution in [0.4, 0.5) is 4.39 Å². The van der Waals surface area contributed by atoms with E-state index in [1.54, 1.807) is 0 Å². The third kappa shape index (κ3) is 2.42. The molecule has 1 rings (SSSR count). The van der Waals surface area contributed by atoms with Gasteiger partial charge in [-0.2, -0.15) is 0 Å². The van der Waals surface area contributed by atoms with Crippen molar-refractivity contribution < 1.29 is 14.3 Å². The average molecular weight is 203 g/mol. The fraction of sp³-hybridized carbons (Fsp3) is 0.222. The van der Waals surface area contributed by atoms with Crippen LogP contribution < -0.4 is 0 Å². The maximum Gasteiger partial charge on any atom is 0.180 e. The third-order valence-electron chi connectivity index (χ3n) is 1.53. The molecule has 0 aromatic heterocycles. The number of rotatable bonds is 2. The highest BCUT2D eigenvalue weighted by atomic mass is 35.5. The number of carbonyl (C=O) groups is 1. The summed E-state index contributed by atoms with van der Waals surface area (Å²) in [5, 5.41) is 8.27. The fourth-order valence-corrected chi connectivity index (χ4v) is 1.07. The number of Topliss-reactive ketones (excluding diaryl/α,β-unsaturated/α-hetero) is 1. The Morgan fingerprint density at radius 2 is 2.15 bits per heavy atom. The Kier molecular flexibility index (Phi) is 2.88. The van der Waals surface area contributed by atoms with Crippen molar-refractivity contribution in [3.8, 4) is 5.75 Å². The zero-order valence-electron chi connectivity index (χ0n) is 6.92. The lowest BCUT2D eigenvalue weighted by atomic mass is 10.1. The molecule has 70 valence electrons. The Bertz CT molecular complexity index is 316. The van der Waals surface area contributed by atoms with Gasteiger partial charge < -0.3 is 5.11 Å². The minimum Gasteiger partial charge on any atom is -0.508 e. The van der Waals surface area contributed by atoms with E-state index in [2.05, 4.69) is 0 Å². The van der Waals surface area contributed by atoms with Crippen LogP contribution in [-0.2, 0) is 0 Å². The SMILES string of the molecule is CC(Cl)C(=O)c1cc(O)cc(F)c1. The molecule has 0 spiro atoms. The number of alkyl halides is 1. The minimum atomic E-state index is -0.721. The van der Waals surface area contributed by atoms with Crippen LogP contribution in [0.5, 0.6) is 5.75 Å². The van der Waals surface area contributed by atoms with Gasteiger partial charge in [0.1, 0.15) is 11.6 Å². The highest BCUT2D eigenvalue weighted by Crippen LogP contribution is 2.17. The van der Waals surface area contributed by atoms with Gasteiger partial charge in [0.15, 0.2) is 5.78 Å². The summed E-state index contributed by atoms with van der Waals surface area (Å²) in [6, 6.07) is 3.15. The molecular formula is C9H8ClFO2. The molecule has 1 aromatic rings. The van der Waals surface area contributed by atoms with Gasteiger partial charge >= 0.3 is 0 Å². The first-order valence-electron chi connectivity index (χ1n) is 3.68. The van der Waals surface area contributed by atoms with Crippen LogP contribution in [0.3, 0.4) is 0 Å². The Balaban J connectivity index is 3.08. The Morgan fingerprint density at radius 3 is 2.62 bits per heavy atom. The van der Waals surface area contributed by atoms with Crippen molar-refractivity contribution in [1.82, 2.24) is 0 Å². The van der Waals surface area contributed by atoms with Crippen LogP contribution >= 0.6 is 11.6 Å². The molecule has 0 saturated carbocycles. The largest absolute Gasteiger partial charge is 0.508 e. The van der Waals surface area contributed by atoms with E-state index in [-0.39, 0.29) is 11.3 Å². The van der Waals surface area contributed by atoms with E-state index >= 15 is 0 Å². The molecular weight excluding hydrogens is 195 g/mol. The highest BCUT2D eigenvalue weighted by molar-refractivity contribution is 6.33. The molecule has 1 aromatic carbocycles. The van der Waals surface area contributed by atoms with Crippen molar-refractivity contribution in [2.75, 3.05) is 0 Å². The average Bonchev–Trinajstić information content (AvgIpc) is 2.01. The maximum atomic E-state index is 12.7. The van der Waals surface area contributed by atoms with Crippen LogP contribution in [0, 0.1) is 5.82 Å². The number of benzene rings is 1. The molecule has 2 nitrogen and oxygen atoms in total. The summed E-state index contributed by atoms with van der Waals surface area (Å²) >= 11 is 5.51. The second-order valence-electron chi connectivity index (χ2n) is 2.68. The highest BCUT2D eigenvalue weighted by Gasteiger charge is 2.13. The van der Waals surface area contributed by atoms with Gasteiger partial charge in [0.25, 0.3) is 0 Å². The second kappa shape index (κ2) is 3.75. The van der Waals surface area contributed by atoms with Gasteiger partial charge in [-0.1, -0.05) is 0 Å². The number of ketones is 1. The molecule has 1 N–H and O–H groups in total. The summed E-state index contributed by atoms with van der Waals surface area (Å²) in [6.45, 7) is 1.49. The lowest BCUT2D eigenvalue weighted by molar-refractivity contribution is 0.0991. The van der Waals surface area contributed by atoms with Gasteiger partial charge in [-0.05, 0) is 19.1 Å². The first-order chi connectivity index (χ1) is 6.00. The molecule has 1 atom stereocenters. The van der Waals surface area contributed by atoms with Crippen molar-refractivity contribution in [3.63, 3.8) is 0 Å². The number of hydrogen-bond donors (Lipinski definition) is 1. The molecule has 0 fully saturated rings. The first kappa shape index (κ1) is 9.99. The lowest BCUT2D eigenvalue weighted by Crippen LogP contribution is -2.10. The monoisotopic (exact) mass is 202 g/mol. The summed E-state index contributed by atoms with van der Waals surface area (Å²) in [6.07, 6.45) is 0. The van der Waals surface area contributed by atoms with Crippen LogP contribution in [0.2, 0.25) is 0 Å². The predicted octanol–water partition coefficient (Wildman–Crippen LogP) is 2.34. The number of hydrogen-bond acceptors (Lipinski definition) is 2. The standard InChI is InChI=1S/C9H8ClFO2/c1-5(10)9(13)6-2-7(11)4-8(12)3-6/h2-5,12H,1H3. The van der Waals surface area contributed by atoms with Crippen LogP contribution in [0.1, 0.15) is 17.3 Å². The molecule has 4 heteroatoms.